The zero-order valence-corrected chi connectivity index (χ0v) is 33.4. The molecule has 0 radical (unpaired) electrons. The topological polar surface area (TPSA) is 42.7 Å². The van der Waals surface area contributed by atoms with Gasteiger partial charge in [0.05, 0.1) is 5.69 Å². The van der Waals surface area contributed by atoms with Gasteiger partial charge in [0.15, 0.2) is 5.58 Å². The van der Waals surface area contributed by atoms with Crippen molar-refractivity contribution in [3.8, 4) is 33.4 Å². The zero-order chi connectivity index (χ0) is 40.7. The molecular formula is C58H35NO3. The second-order valence-corrected chi connectivity index (χ2v) is 16.0. The number of rotatable bonds is 6. The van der Waals surface area contributed by atoms with Gasteiger partial charge in [-0.2, -0.15) is 0 Å². The van der Waals surface area contributed by atoms with E-state index in [0.717, 1.165) is 121 Å². The van der Waals surface area contributed by atoms with Crippen molar-refractivity contribution < 1.29 is 13.3 Å². The number of fused-ring (bicyclic) bond motifs is 11. The molecule has 3 aromatic heterocycles. The minimum absolute atomic E-state index is 0.848. The predicted octanol–water partition coefficient (Wildman–Crippen LogP) is 17.0. The fourth-order valence-electron chi connectivity index (χ4n) is 9.54. The van der Waals surface area contributed by atoms with Gasteiger partial charge in [0.25, 0.3) is 0 Å². The Morgan fingerprint density at radius 1 is 0.258 bits per heavy atom. The Morgan fingerprint density at radius 3 is 1.55 bits per heavy atom. The van der Waals surface area contributed by atoms with Crippen molar-refractivity contribution in [3.05, 3.63) is 212 Å². The third-order valence-electron chi connectivity index (χ3n) is 12.5. The van der Waals surface area contributed by atoms with E-state index >= 15 is 0 Å². The summed E-state index contributed by atoms with van der Waals surface area (Å²) < 4.78 is 19.9. The highest BCUT2D eigenvalue weighted by Crippen LogP contribution is 2.46. The molecule has 0 atom stereocenters. The third kappa shape index (κ3) is 5.33. The number of furan rings is 3. The molecule has 0 amide bonds. The Balaban J connectivity index is 0.941. The Bertz CT molecular complexity index is 3850. The van der Waals surface area contributed by atoms with Crippen LogP contribution >= 0.6 is 0 Å². The second kappa shape index (κ2) is 13.6. The summed E-state index contributed by atoms with van der Waals surface area (Å²) in [5, 5.41) is 8.82. The van der Waals surface area contributed by atoms with E-state index in [-0.39, 0.29) is 0 Å². The van der Waals surface area contributed by atoms with Gasteiger partial charge in [0.1, 0.15) is 27.9 Å². The van der Waals surface area contributed by atoms with Gasteiger partial charge < -0.3 is 18.2 Å². The summed E-state index contributed by atoms with van der Waals surface area (Å²) in [7, 11) is 0. The lowest BCUT2D eigenvalue weighted by Gasteiger charge is -2.26. The Morgan fingerprint density at radius 2 is 0.790 bits per heavy atom. The molecule has 0 N–H and O–H groups in total. The average Bonchev–Trinajstić information content (AvgIpc) is 4.04. The summed E-state index contributed by atoms with van der Waals surface area (Å²) in [6.07, 6.45) is 0. The first-order valence-electron chi connectivity index (χ1n) is 21.0. The maximum Gasteiger partial charge on any atom is 0.159 e. The van der Waals surface area contributed by atoms with Crippen molar-refractivity contribution in [1.82, 2.24) is 0 Å². The van der Waals surface area contributed by atoms with E-state index < -0.39 is 0 Å². The highest BCUT2D eigenvalue weighted by atomic mass is 16.3. The lowest BCUT2D eigenvalue weighted by atomic mass is 9.94. The molecule has 62 heavy (non-hydrogen) atoms. The Hall–Kier alpha value is -8.34. The molecule has 290 valence electrons. The maximum atomic E-state index is 6.95. The summed E-state index contributed by atoms with van der Waals surface area (Å²) in [5.41, 5.74) is 15.0. The van der Waals surface area contributed by atoms with Gasteiger partial charge >= 0.3 is 0 Å². The number of benzene rings is 10. The number of anilines is 3. The van der Waals surface area contributed by atoms with E-state index in [9.17, 15) is 0 Å². The van der Waals surface area contributed by atoms with Crippen LogP contribution in [-0.2, 0) is 0 Å². The number of nitrogens with zero attached hydrogens (tertiary/aromatic N) is 1. The molecule has 4 nitrogen and oxygen atoms in total. The summed E-state index contributed by atoms with van der Waals surface area (Å²) in [5.74, 6) is 0. The van der Waals surface area contributed by atoms with Crippen molar-refractivity contribution in [1.29, 1.82) is 0 Å². The first-order valence-corrected chi connectivity index (χ1v) is 21.0. The van der Waals surface area contributed by atoms with Gasteiger partial charge in [0.2, 0.25) is 0 Å². The molecule has 0 saturated heterocycles. The number of para-hydroxylation sites is 4. The highest BCUT2D eigenvalue weighted by Gasteiger charge is 2.22. The van der Waals surface area contributed by atoms with Crippen LogP contribution in [0.4, 0.5) is 17.1 Å². The lowest BCUT2D eigenvalue weighted by Crippen LogP contribution is -2.10. The smallest absolute Gasteiger partial charge is 0.159 e. The zero-order valence-electron chi connectivity index (χ0n) is 33.4. The molecule has 0 aliphatic heterocycles. The third-order valence-corrected chi connectivity index (χ3v) is 12.5. The van der Waals surface area contributed by atoms with Gasteiger partial charge in [-0.05, 0) is 93.9 Å². The lowest BCUT2D eigenvalue weighted by molar-refractivity contribution is 0.668. The summed E-state index contributed by atoms with van der Waals surface area (Å²) in [6.45, 7) is 0. The first kappa shape index (κ1) is 34.5. The van der Waals surface area contributed by atoms with Crippen molar-refractivity contribution >= 4 is 93.7 Å². The van der Waals surface area contributed by atoms with Gasteiger partial charge in [-0.25, -0.2) is 0 Å². The molecule has 0 aliphatic rings. The molecule has 3 heterocycles. The van der Waals surface area contributed by atoms with Crippen LogP contribution in [0.1, 0.15) is 0 Å². The van der Waals surface area contributed by atoms with Crippen molar-refractivity contribution in [2.45, 2.75) is 0 Å². The molecule has 13 rings (SSSR count). The van der Waals surface area contributed by atoms with E-state index in [0.29, 0.717) is 0 Å². The van der Waals surface area contributed by atoms with Gasteiger partial charge in [-0.15, -0.1) is 0 Å². The van der Waals surface area contributed by atoms with E-state index in [2.05, 4.69) is 193 Å². The average molecular weight is 794 g/mol. The molecule has 10 aromatic carbocycles. The summed E-state index contributed by atoms with van der Waals surface area (Å²) in [6, 6.07) is 74.8. The molecule has 0 spiro atoms. The molecule has 0 saturated carbocycles. The van der Waals surface area contributed by atoms with Gasteiger partial charge in [-0.1, -0.05) is 152 Å². The largest absolute Gasteiger partial charge is 0.456 e. The number of hydrogen-bond acceptors (Lipinski definition) is 4. The normalized spacial score (nSPS) is 11.9. The van der Waals surface area contributed by atoms with Crippen LogP contribution in [0.2, 0.25) is 0 Å². The molecule has 4 heteroatoms. The second-order valence-electron chi connectivity index (χ2n) is 16.0. The minimum Gasteiger partial charge on any atom is -0.456 e. The highest BCUT2D eigenvalue weighted by molar-refractivity contribution is 6.21. The molecular weight excluding hydrogens is 759 g/mol. The first-order chi connectivity index (χ1) is 30.7. The van der Waals surface area contributed by atoms with Crippen LogP contribution < -0.4 is 4.90 Å². The van der Waals surface area contributed by atoms with Crippen LogP contribution in [0, 0.1) is 0 Å². The van der Waals surface area contributed by atoms with E-state index in [1.54, 1.807) is 0 Å². The SMILES string of the molecule is c1ccc(-c2ccc(N(c3ccc(-c4cccc5c4oc4c6ccccc6c(-c6ccc7c(c6)oc6ccccc67)cc54)cc3)c3cccc4c3oc3ccccc34)cc2)cc1. The van der Waals surface area contributed by atoms with Crippen LogP contribution in [0.5, 0.6) is 0 Å². The molecule has 0 fully saturated rings. The van der Waals surface area contributed by atoms with Crippen molar-refractivity contribution in [2.75, 3.05) is 4.90 Å². The van der Waals surface area contributed by atoms with Crippen LogP contribution in [0.25, 0.3) is 110 Å². The molecule has 0 unspecified atom stereocenters. The Kier molecular flexibility index (Phi) is 7.57. The monoisotopic (exact) mass is 793 g/mol. The molecule has 13 aromatic rings. The van der Waals surface area contributed by atoms with E-state index in [1.807, 2.05) is 24.3 Å². The maximum absolute atomic E-state index is 6.95. The Labute approximate surface area is 356 Å². The standard InChI is InChI=1S/C58H35NO3/c1-2-12-36(13-3-1)37-24-29-40(30-25-37)59(52-21-11-20-48-45-16-7-9-23-54(45)61-58(48)52)41-31-26-38(27-32-41)42-18-10-19-49-51-35-50(43-14-4-5-17-47(43)57(51)62-56(42)49)39-28-33-46-44-15-6-8-22-53(44)60-55(46)34-39/h1-35H. The van der Waals surface area contributed by atoms with Crippen molar-refractivity contribution in [3.63, 3.8) is 0 Å². The van der Waals surface area contributed by atoms with Crippen molar-refractivity contribution in [2.24, 2.45) is 0 Å². The van der Waals surface area contributed by atoms with Gasteiger partial charge in [-0.3, -0.25) is 0 Å². The van der Waals surface area contributed by atoms with Crippen LogP contribution in [0.15, 0.2) is 226 Å². The van der Waals surface area contributed by atoms with E-state index in [4.69, 9.17) is 13.3 Å². The van der Waals surface area contributed by atoms with Gasteiger partial charge in [0, 0.05) is 54.6 Å². The van der Waals surface area contributed by atoms with Crippen LogP contribution in [-0.4, -0.2) is 0 Å². The minimum atomic E-state index is 0.848. The molecule has 0 bridgehead atoms. The quantitative estimate of drug-likeness (QED) is 0.168. The number of hydrogen-bond donors (Lipinski definition) is 0. The fraction of sp³-hybridized carbons (Fsp3) is 0. The molecule has 0 aliphatic carbocycles. The predicted molar refractivity (Wildman–Crippen MR) is 257 cm³/mol. The van der Waals surface area contributed by atoms with Crippen LogP contribution in [0.3, 0.4) is 0 Å². The fourth-order valence-corrected chi connectivity index (χ4v) is 9.54. The van der Waals surface area contributed by atoms with E-state index in [1.165, 1.54) is 5.56 Å². The summed E-state index contributed by atoms with van der Waals surface area (Å²) in [4.78, 5) is 2.29. The summed E-state index contributed by atoms with van der Waals surface area (Å²) >= 11 is 0.